The maximum absolute atomic E-state index is 10.8. The Bertz CT molecular complexity index is 159. The maximum Gasteiger partial charge on any atom is 0.378 e. The van der Waals surface area contributed by atoms with Gasteiger partial charge in [-0.1, -0.05) is 17.7 Å². The summed E-state index contributed by atoms with van der Waals surface area (Å²) >= 11 is 0. The lowest BCUT2D eigenvalue weighted by molar-refractivity contribution is -0.116. The van der Waals surface area contributed by atoms with Crippen molar-refractivity contribution in [3.63, 3.8) is 0 Å². The summed E-state index contributed by atoms with van der Waals surface area (Å²) in [5.74, 6) is 0.525. The zero-order chi connectivity index (χ0) is 9.40. The van der Waals surface area contributed by atoms with Crippen LogP contribution in [0.3, 0.4) is 0 Å². The number of ketones is 1. The van der Waals surface area contributed by atoms with Crippen molar-refractivity contribution in [1.29, 1.82) is 0 Å². The smallest absolute Gasteiger partial charge is 0.378 e. The van der Waals surface area contributed by atoms with E-state index in [4.69, 9.17) is 0 Å². The minimum atomic E-state index is -0.327. The molecule has 0 aromatic heterocycles. The minimum absolute atomic E-state index is 0.150. The van der Waals surface area contributed by atoms with Crippen LogP contribution in [-0.2, 0) is 9.53 Å². The summed E-state index contributed by atoms with van der Waals surface area (Å²) in [6.07, 6.45) is 0.524. The van der Waals surface area contributed by atoms with Gasteiger partial charge >= 0.3 is 5.30 Å². The second-order valence-corrected chi connectivity index (χ2v) is 4.15. The molecular weight excluding hydrogens is 196 g/mol. The van der Waals surface area contributed by atoms with E-state index in [-0.39, 0.29) is 11.1 Å². The molecule has 0 aliphatic heterocycles. The number of hydrogen-bond acceptors (Lipinski definition) is 5. The molecule has 0 radical (unpaired) electrons. The van der Waals surface area contributed by atoms with Gasteiger partial charge in [0.05, 0.1) is 12.4 Å². The number of carbonyl (C=O) groups excluding carboxylic acids is 2. The van der Waals surface area contributed by atoms with Gasteiger partial charge in [0.2, 0.25) is 0 Å². The summed E-state index contributed by atoms with van der Waals surface area (Å²) in [6.45, 7) is 3.94. The molecular formula is C7H12O3S2. The molecule has 0 aromatic carbocycles. The van der Waals surface area contributed by atoms with E-state index in [2.05, 4.69) is 4.74 Å². The first-order valence-corrected chi connectivity index (χ1v) is 6.00. The van der Waals surface area contributed by atoms with Crippen LogP contribution in [0.1, 0.15) is 20.3 Å². The molecule has 0 aliphatic rings. The molecule has 0 saturated carbocycles. The molecule has 0 spiro atoms. The van der Waals surface area contributed by atoms with Crippen LogP contribution in [0.15, 0.2) is 0 Å². The number of hydrogen-bond donors (Lipinski definition) is 0. The third-order valence-electron chi connectivity index (χ3n) is 1.00. The third-order valence-corrected chi connectivity index (χ3v) is 2.93. The fourth-order valence-corrected chi connectivity index (χ4v) is 2.05. The quantitative estimate of drug-likeness (QED) is 0.513. The molecule has 70 valence electrons. The SMILES string of the molecule is CCOC(=O)SSCC(=O)CC. The number of Topliss-reactive ketones (excluding diaryl/α,β-unsaturated/α-hetero) is 1. The van der Waals surface area contributed by atoms with Gasteiger partial charge in [-0.25, -0.2) is 4.79 Å². The molecule has 3 nitrogen and oxygen atoms in total. The van der Waals surface area contributed by atoms with Gasteiger partial charge in [0.1, 0.15) is 5.78 Å². The number of ether oxygens (including phenoxy) is 1. The lowest BCUT2D eigenvalue weighted by Gasteiger charge is -1.98. The summed E-state index contributed by atoms with van der Waals surface area (Å²) in [5.41, 5.74) is 0. The van der Waals surface area contributed by atoms with E-state index in [1.165, 1.54) is 10.8 Å². The van der Waals surface area contributed by atoms with Crippen molar-refractivity contribution in [1.82, 2.24) is 0 Å². The highest BCUT2D eigenvalue weighted by Crippen LogP contribution is 2.23. The van der Waals surface area contributed by atoms with E-state index in [1.54, 1.807) is 13.8 Å². The first-order chi connectivity index (χ1) is 5.70. The molecule has 0 amide bonds. The molecule has 0 bridgehead atoms. The zero-order valence-electron chi connectivity index (χ0n) is 7.16. The van der Waals surface area contributed by atoms with Gasteiger partial charge in [0.25, 0.3) is 0 Å². The summed E-state index contributed by atoms with van der Waals surface area (Å²) < 4.78 is 4.65. The molecule has 0 heterocycles. The van der Waals surface area contributed by atoms with E-state index in [0.717, 1.165) is 10.8 Å². The van der Waals surface area contributed by atoms with Crippen molar-refractivity contribution in [2.75, 3.05) is 12.4 Å². The Morgan fingerprint density at radius 1 is 1.33 bits per heavy atom. The van der Waals surface area contributed by atoms with Gasteiger partial charge in [-0.15, -0.1) is 0 Å². The first kappa shape index (κ1) is 11.8. The minimum Gasteiger partial charge on any atom is -0.457 e. The van der Waals surface area contributed by atoms with Crippen molar-refractivity contribution in [2.24, 2.45) is 0 Å². The standard InChI is InChI=1S/C7H12O3S2/c1-3-6(8)5-11-12-7(9)10-4-2/h3-5H2,1-2H3. The van der Waals surface area contributed by atoms with Crippen LogP contribution in [0, 0.1) is 0 Å². The highest BCUT2D eigenvalue weighted by Gasteiger charge is 2.04. The molecule has 0 N–H and O–H groups in total. The van der Waals surface area contributed by atoms with Crippen LogP contribution in [0.4, 0.5) is 4.79 Å². The fraction of sp³-hybridized carbons (Fsp3) is 0.714. The summed E-state index contributed by atoms with van der Waals surface area (Å²) in [7, 11) is 2.21. The number of carbonyl (C=O) groups is 2. The van der Waals surface area contributed by atoms with E-state index in [1.807, 2.05) is 0 Å². The van der Waals surface area contributed by atoms with Crippen molar-refractivity contribution in [3.05, 3.63) is 0 Å². The van der Waals surface area contributed by atoms with E-state index < -0.39 is 0 Å². The van der Waals surface area contributed by atoms with Crippen LogP contribution < -0.4 is 0 Å². The van der Waals surface area contributed by atoms with Crippen LogP contribution in [0.2, 0.25) is 0 Å². The van der Waals surface area contributed by atoms with Gasteiger partial charge in [0, 0.05) is 17.2 Å². The molecule has 0 fully saturated rings. The largest absolute Gasteiger partial charge is 0.457 e. The topological polar surface area (TPSA) is 43.4 Å². The zero-order valence-corrected chi connectivity index (χ0v) is 8.80. The van der Waals surface area contributed by atoms with Gasteiger partial charge in [-0.05, 0) is 6.92 Å². The lowest BCUT2D eigenvalue weighted by Crippen LogP contribution is -1.99. The first-order valence-electron chi connectivity index (χ1n) is 3.68. The van der Waals surface area contributed by atoms with E-state index in [0.29, 0.717) is 18.8 Å². The van der Waals surface area contributed by atoms with Crippen molar-refractivity contribution in [2.45, 2.75) is 20.3 Å². The summed E-state index contributed by atoms with van der Waals surface area (Å²) in [5, 5.41) is -0.327. The lowest BCUT2D eigenvalue weighted by atomic mass is 10.4. The predicted octanol–water partition coefficient (Wildman–Crippen LogP) is 2.50. The molecule has 0 atom stereocenters. The van der Waals surface area contributed by atoms with Crippen molar-refractivity contribution < 1.29 is 14.3 Å². The van der Waals surface area contributed by atoms with E-state index >= 15 is 0 Å². The second-order valence-electron chi connectivity index (χ2n) is 1.92. The molecule has 0 aliphatic carbocycles. The average molecular weight is 208 g/mol. The number of rotatable bonds is 5. The molecule has 0 aromatic rings. The van der Waals surface area contributed by atoms with Crippen LogP contribution in [0.5, 0.6) is 0 Å². The van der Waals surface area contributed by atoms with Crippen LogP contribution in [-0.4, -0.2) is 23.4 Å². The summed E-state index contributed by atoms with van der Waals surface area (Å²) in [6, 6.07) is 0. The summed E-state index contributed by atoms with van der Waals surface area (Å²) in [4.78, 5) is 21.5. The maximum atomic E-state index is 10.8. The highest BCUT2D eigenvalue weighted by molar-refractivity contribution is 8.82. The Morgan fingerprint density at radius 2 is 2.00 bits per heavy atom. The molecule has 0 saturated heterocycles. The van der Waals surface area contributed by atoms with Gasteiger partial charge in [0.15, 0.2) is 0 Å². The fourth-order valence-electron chi connectivity index (χ4n) is 0.387. The van der Waals surface area contributed by atoms with E-state index in [9.17, 15) is 9.59 Å². The predicted molar refractivity (Wildman–Crippen MR) is 52.4 cm³/mol. The highest BCUT2D eigenvalue weighted by atomic mass is 33.1. The normalized spacial score (nSPS) is 9.50. The van der Waals surface area contributed by atoms with Crippen molar-refractivity contribution in [3.8, 4) is 0 Å². The molecule has 0 rings (SSSR count). The molecule has 5 heteroatoms. The average Bonchev–Trinajstić information content (AvgIpc) is 2.04. The Hall–Kier alpha value is -0.160. The Labute approximate surface area is 80.0 Å². The Morgan fingerprint density at radius 3 is 2.50 bits per heavy atom. The third kappa shape index (κ3) is 6.54. The van der Waals surface area contributed by atoms with Gasteiger partial charge < -0.3 is 4.74 Å². The second kappa shape index (κ2) is 7.49. The Balaban J connectivity index is 3.30. The van der Waals surface area contributed by atoms with Gasteiger partial charge in [-0.2, -0.15) is 0 Å². The monoisotopic (exact) mass is 208 g/mol. The van der Waals surface area contributed by atoms with Gasteiger partial charge in [-0.3, -0.25) is 4.79 Å². The van der Waals surface area contributed by atoms with Crippen molar-refractivity contribution >= 4 is 32.7 Å². The van der Waals surface area contributed by atoms with Crippen LogP contribution >= 0.6 is 21.6 Å². The van der Waals surface area contributed by atoms with Crippen LogP contribution in [0.25, 0.3) is 0 Å². The molecule has 12 heavy (non-hydrogen) atoms. The Kier molecular flexibility index (Phi) is 7.39. The molecule has 0 unspecified atom stereocenters.